The van der Waals surface area contributed by atoms with Crippen LogP contribution in [0.5, 0.6) is 0 Å². The molecule has 0 spiro atoms. The van der Waals surface area contributed by atoms with Crippen molar-refractivity contribution in [3.63, 3.8) is 0 Å². The molecule has 1 amide bonds. The third-order valence-corrected chi connectivity index (χ3v) is 7.66. The van der Waals surface area contributed by atoms with E-state index in [9.17, 15) is 22.0 Å². The van der Waals surface area contributed by atoms with Crippen molar-refractivity contribution in [2.45, 2.75) is 49.2 Å². The van der Waals surface area contributed by atoms with Crippen molar-refractivity contribution < 1.29 is 22.0 Å². The van der Waals surface area contributed by atoms with Gasteiger partial charge in [0, 0.05) is 24.3 Å². The van der Waals surface area contributed by atoms with Gasteiger partial charge in [-0.2, -0.15) is 13.9 Å². The number of carbonyl (C=O) groups is 1. The number of rotatable bonds is 5. The maximum absolute atomic E-state index is 13.5. The van der Waals surface area contributed by atoms with Crippen LogP contribution in [0.25, 0.3) is 0 Å². The molecule has 0 saturated heterocycles. The normalized spacial score (nSPS) is 20.6. The Balaban J connectivity index is 1.57. The van der Waals surface area contributed by atoms with Crippen LogP contribution >= 0.6 is 0 Å². The number of hydrogen-bond acceptors (Lipinski definition) is 6. The van der Waals surface area contributed by atoms with Crippen molar-refractivity contribution in [3.8, 4) is 11.8 Å². The summed E-state index contributed by atoms with van der Waals surface area (Å²) in [5, 5.41) is 4.12. The zero-order valence-electron chi connectivity index (χ0n) is 18.5. The van der Waals surface area contributed by atoms with E-state index in [1.807, 2.05) is 12.8 Å². The molecular formula is C22H22F2N6O3S. The quantitative estimate of drug-likeness (QED) is 0.646. The molecule has 1 aromatic carbocycles. The van der Waals surface area contributed by atoms with Crippen molar-refractivity contribution in [2.75, 3.05) is 11.4 Å². The summed E-state index contributed by atoms with van der Waals surface area (Å²) in [6, 6.07) is 3.54. The van der Waals surface area contributed by atoms with Crippen LogP contribution in [0.4, 0.5) is 14.5 Å². The number of halogens is 2. The standard InChI is InChI=1S/C22H22F2N6O3S/c1-22(7-8-22)27-34(32,33)16-4-5-18-17(9-16)20(31)29(13-14-10-26-28(2)12-14)21-25-11-15(30(18)21)3-6-19(23)24/h4-5,9-10,12,15,19,27H,7-8,11,13H2,1-2H3/t15-/m1/s1. The number of sulfonamides is 1. The molecule has 3 aliphatic rings. The van der Waals surface area contributed by atoms with Crippen LogP contribution in [0.2, 0.25) is 0 Å². The number of benzene rings is 1. The second-order valence-corrected chi connectivity index (χ2v) is 10.6. The molecule has 0 radical (unpaired) electrons. The van der Waals surface area contributed by atoms with Gasteiger partial charge in [0.15, 0.2) is 0 Å². The lowest BCUT2D eigenvalue weighted by Crippen LogP contribution is -2.52. The summed E-state index contributed by atoms with van der Waals surface area (Å²) < 4.78 is 55.7. The lowest BCUT2D eigenvalue weighted by Gasteiger charge is -2.37. The number of fused-ring (bicyclic) bond motifs is 3. The molecule has 1 aliphatic carbocycles. The number of carbonyl (C=O) groups excluding carboxylic acids is 1. The topological polar surface area (TPSA) is 99.9 Å². The third-order valence-electron chi connectivity index (χ3n) is 6.03. The summed E-state index contributed by atoms with van der Waals surface area (Å²) in [5.41, 5.74) is 0.776. The molecule has 1 aromatic heterocycles. The molecule has 9 nitrogen and oxygen atoms in total. The van der Waals surface area contributed by atoms with Gasteiger partial charge in [-0.15, -0.1) is 0 Å². The first-order valence-corrected chi connectivity index (χ1v) is 12.1. The van der Waals surface area contributed by atoms with E-state index in [0.29, 0.717) is 5.69 Å². The SMILES string of the molecule is Cn1cc(CN2C(=O)c3cc(S(=O)(=O)NC4(C)CC4)ccc3N3C2=NC[C@H]3C#CC(F)F)cn1. The molecule has 5 rings (SSSR count). The Kier molecular flexibility index (Phi) is 5.22. The number of aryl methyl sites for hydroxylation is 1. The Hall–Kier alpha value is -3.30. The summed E-state index contributed by atoms with van der Waals surface area (Å²) in [5.74, 6) is 4.26. The number of guanidine groups is 1. The van der Waals surface area contributed by atoms with E-state index in [-0.39, 0.29) is 29.5 Å². The van der Waals surface area contributed by atoms with Gasteiger partial charge in [0.2, 0.25) is 16.0 Å². The average molecular weight is 489 g/mol. The molecule has 3 heterocycles. The highest BCUT2D eigenvalue weighted by molar-refractivity contribution is 7.89. The van der Waals surface area contributed by atoms with Crippen molar-refractivity contribution in [2.24, 2.45) is 12.0 Å². The summed E-state index contributed by atoms with van der Waals surface area (Å²) in [6.07, 6.45) is 2.04. The maximum Gasteiger partial charge on any atom is 0.298 e. The molecule has 1 N–H and O–H groups in total. The van der Waals surface area contributed by atoms with Gasteiger partial charge in [-0.3, -0.25) is 19.3 Å². The molecule has 12 heteroatoms. The predicted octanol–water partition coefficient (Wildman–Crippen LogP) is 1.72. The van der Waals surface area contributed by atoms with Crippen LogP contribution in [0.1, 0.15) is 35.7 Å². The highest BCUT2D eigenvalue weighted by Gasteiger charge is 2.44. The summed E-state index contributed by atoms with van der Waals surface area (Å²) in [4.78, 5) is 20.9. The number of hydrogen-bond donors (Lipinski definition) is 1. The number of anilines is 1. The molecule has 178 valence electrons. The van der Waals surface area contributed by atoms with Gasteiger partial charge in [0.1, 0.15) is 6.04 Å². The highest BCUT2D eigenvalue weighted by Crippen LogP contribution is 2.38. The van der Waals surface area contributed by atoms with E-state index in [2.05, 4.69) is 20.7 Å². The number of alkyl halides is 2. The molecule has 2 aromatic rings. The number of amides is 1. The van der Waals surface area contributed by atoms with Crippen molar-refractivity contribution >= 4 is 27.6 Å². The number of aliphatic imine (C=N–C) groups is 1. The van der Waals surface area contributed by atoms with E-state index in [0.717, 1.165) is 18.4 Å². The van der Waals surface area contributed by atoms with E-state index in [1.54, 1.807) is 29.0 Å². The fraction of sp³-hybridized carbons (Fsp3) is 0.409. The summed E-state index contributed by atoms with van der Waals surface area (Å²) in [6.45, 7) is 2.05. The fourth-order valence-corrected chi connectivity index (χ4v) is 5.57. The van der Waals surface area contributed by atoms with Crippen LogP contribution in [0.3, 0.4) is 0 Å². The van der Waals surface area contributed by atoms with Crippen molar-refractivity contribution in [3.05, 3.63) is 41.7 Å². The smallest absolute Gasteiger partial charge is 0.295 e. The van der Waals surface area contributed by atoms with Gasteiger partial charge in [0.25, 0.3) is 12.3 Å². The van der Waals surface area contributed by atoms with Gasteiger partial charge in [-0.1, -0.05) is 5.92 Å². The molecule has 0 bridgehead atoms. The van der Waals surface area contributed by atoms with Crippen molar-refractivity contribution in [1.82, 2.24) is 19.4 Å². The minimum absolute atomic E-state index is 0.0381. The van der Waals surface area contributed by atoms with Crippen LogP contribution < -0.4 is 9.62 Å². The van der Waals surface area contributed by atoms with E-state index in [1.165, 1.54) is 23.1 Å². The minimum Gasteiger partial charge on any atom is -0.295 e. The zero-order valence-corrected chi connectivity index (χ0v) is 19.3. The van der Waals surface area contributed by atoms with Gasteiger partial charge >= 0.3 is 0 Å². The van der Waals surface area contributed by atoms with Crippen LogP contribution in [-0.4, -0.2) is 59.5 Å². The first-order valence-electron chi connectivity index (χ1n) is 10.7. The molecule has 0 unspecified atom stereocenters. The number of nitrogens with one attached hydrogen (secondary N) is 1. The fourth-order valence-electron chi connectivity index (χ4n) is 4.08. The van der Waals surface area contributed by atoms with Gasteiger partial charge < -0.3 is 0 Å². The molecule has 34 heavy (non-hydrogen) atoms. The Labute approximate surface area is 195 Å². The van der Waals surface area contributed by atoms with Gasteiger partial charge in [0.05, 0.1) is 35.4 Å². The Morgan fingerprint density at radius 2 is 2.09 bits per heavy atom. The lowest BCUT2D eigenvalue weighted by atomic mass is 10.1. The first-order chi connectivity index (χ1) is 16.1. The van der Waals surface area contributed by atoms with Crippen LogP contribution in [0, 0.1) is 11.8 Å². The Morgan fingerprint density at radius 3 is 2.74 bits per heavy atom. The average Bonchev–Trinajstić information content (AvgIpc) is 3.16. The Bertz CT molecular complexity index is 1370. The minimum atomic E-state index is -3.85. The molecule has 1 fully saturated rings. The highest BCUT2D eigenvalue weighted by atomic mass is 32.2. The van der Waals surface area contributed by atoms with E-state index >= 15 is 0 Å². The molecule has 2 aliphatic heterocycles. The molecular weight excluding hydrogens is 466 g/mol. The monoisotopic (exact) mass is 488 g/mol. The van der Waals surface area contributed by atoms with Gasteiger partial charge in [-0.25, -0.2) is 18.1 Å². The largest absolute Gasteiger partial charge is 0.298 e. The molecule has 1 saturated carbocycles. The number of nitrogens with zero attached hydrogens (tertiary/aromatic N) is 5. The third kappa shape index (κ3) is 4.05. The summed E-state index contributed by atoms with van der Waals surface area (Å²) >= 11 is 0. The first kappa shape index (κ1) is 22.5. The molecule has 1 atom stereocenters. The second-order valence-electron chi connectivity index (χ2n) is 8.87. The Morgan fingerprint density at radius 1 is 1.32 bits per heavy atom. The zero-order chi connectivity index (χ0) is 24.3. The van der Waals surface area contributed by atoms with Crippen LogP contribution in [0.15, 0.2) is 40.5 Å². The van der Waals surface area contributed by atoms with Crippen LogP contribution in [-0.2, 0) is 23.6 Å². The van der Waals surface area contributed by atoms with E-state index in [4.69, 9.17) is 0 Å². The number of aromatic nitrogens is 2. The second kappa shape index (κ2) is 7.89. The van der Waals surface area contributed by atoms with Crippen molar-refractivity contribution in [1.29, 1.82) is 0 Å². The predicted molar refractivity (Wildman–Crippen MR) is 120 cm³/mol. The van der Waals surface area contributed by atoms with E-state index < -0.39 is 33.9 Å². The maximum atomic E-state index is 13.5. The van der Waals surface area contributed by atoms with Gasteiger partial charge in [-0.05, 0) is 43.9 Å². The lowest BCUT2D eigenvalue weighted by molar-refractivity contribution is 0.0833. The summed E-state index contributed by atoms with van der Waals surface area (Å²) in [7, 11) is -2.11.